The Morgan fingerprint density at radius 1 is 1.47 bits per heavy atom. The third kappa shape index (κ3) is 3.10. The van der Waals surface area contributed by atoms with Crippen LogP contribution in [0.1, 0.15) is 54.6 Å². The van der Waals surface area contributed by atoms with Gasteiger partial charge in [0.05, 0.1) is 11.3 Å². The molecule has 1 fully saturated rings. The fraction of sp³-hybridized carbons (Fsp3) is 0.500. The third-order valence-electron chi connectivity index (χ3n) is 3.61. The standard InChI is InChI=1S/C14H19N3O2/c1-2-12(18)17-10-6-5-9(8-10)13-11(14(15)19)4-3-7-16-13/h3-4,7,9-10H,2,5-6,8H2,1H3,(H2,15,19)(H,17,18)/t9-,10+/m1/s1. The molecule has 2 amide bonds. The fourth-order valence-electron chi connectivity index (χ4n) is 2.64. The largest absolute Gasteiger partial charge is 0.366 e. The molecule has 0 bridgehead atoms. The summed E-state index contributed by atoms with van der Waals surface area (Å²) >= 11 is 0. The van der Waals surface area contributed by atoms with Crippen LogP contribution >= 0.6 is 0 Å². The molecule has 0 saturated heterocycles. The van der Waals surface area contributed by atoms with Gasteiger partial charge in [0, 0.05) is 24.6 Å². The van der Waals surface area contributed by atoms with Gasteiger partial charge in [0.25, 0.3) is 5.91 Å². The lowest BCUT2D eigenvalue weighted by atomic mass is 9.98. The molecule has 2 atom stereocenters. The third-order valence-corrected chi connectivity index (χ3v) is 3.61. The van der Waals surface area contributed by atoms with Crippen LogP contribution in [0.2, 0.25) is 0 Å². The van der Waals surface area contributed by atoms with E-state index in [0.717, 1.165) is 25.0 Å². The maximum atomic E-state index is 11.4. The smallest absolute Gasteiger partial charge is 0.250 e. The zero-order valence-corrected chi connectivity index (χ0v) is 11.1. The van der Waals surface area contributed by atoms with Gasteiger partial charge in [0.2, 0.25) is 5.91 Å². The summed E-state index contributed by atoms with van der Waals surface area (Å²) < 4.78 is 0. The summed E-state index contributed by atoms with van der Waals surface area (Å²) in [7, 11) is 0. The van der Waals surface area contributed by atoms with Crippen molar-refractivity contribution in [3.8, 4) is 0 Å². The second-order valence-corrected chi connectivity index (χ2v) is 4.93. The van der Waals surface area contributed by atoms with Gasteiger partial charge in [-0.05, 0) is 31.4 Å². The highest BCUT2D eigenvalue weighted by molar-refractivity contribution is 5.94. The minimum Gasteiger partial charge on any atom is -0.366 e. The van der Waals surface area contributed by atoms with Crippen LogP contribution in [0.3, 0.4) is 0 Å². The summed E-state index contributed by atoms with van der Waals surface area (Å²) in [5.74, 6) is -0.170. The minimum atomic E-state index is -0.441. The number of aromatic nitrogens is 1. The molecule has 19 heavy (non-hydrogen) atoms. The predicted molar refractivity (Wildman–Crippen MR) is 71.6 cm³/mol. The lowest BCUT2D eigenvalue weighted by Crippen LogP contribution is -2.32. The van der Waals surface area contributed by atoms with Gasteiger partial charge < -0.3 is 11.1 Å². The van der Waals surface area contributed by atoms with Crippen molar-refractivity contribution in [1.82, 2.24) is 10.3 Å². The van der Waals surface area contributed by atoms with Crippen LogP contribution in [0.25, 0.3) is 0 Å². The number of carbonyl (C=O) groups is 2. The van der Waals surface area contributed by atoms with E-state index in [9.17, 15) is 9.59 Å². The first kappa shape index (κ1) is 13.5. The second-order valence-electron chi connectivity index (χ2n) is 4.93. The number of hydrogen-bond donors (Lipinski definition) is 2. The van der Waals surface area contributed by atoms with Crippen molar-refractivity contribution >= 4 is 11.8 Å². The van der Waals surface area contributed by atoms with E-state index in [-0.39, 0.29) is 17.9 Å². The molecule has 1 saturated carbocycles. The summed E-state index contributed by atoms with van der Waals surface area (Å²) in [6.07, 6.45) is 4.84. The zero-order valence-electron chi connectivity index (χ0n) is 11.1. The molecule has 102 valence electrons. The first-order valence-corrected chi connectivity index (χ1v) is 6.66. The van der Waals surface area contributed by atoms with Crippen molar-refractivity contribution < 1.29 is 9.59 Å². The van der Waals surface area contributed by atoms with Gasteiger partial charge in [-0.25, -0.2) is 0 Å². The van der Waals surface area contributed by atoms with Gasteiger partial charge in [-0.2, -0.15) is 0 Å². The number of pyridine rings is 1. The highest BCUT2D eigenvalue weighted by atomic mass is 16.2. The summed E-state index contributed by atoms with van der Waals surface area (Å²) in [4.78, 5) is 27.1. The average molecular weight is 261 g/mol. The van der Waals surface area contributed by atoms with Gasteiger partial charge in [0.15, 0.2) is 0 Å². The minimum absolute atomic E-state index is 0.0711. The number of hydrogen-bond acceptors (Lipinski definition) is 3. The molecule has 5 heteroatoms. The van der Waals surface area contributed by atoms with Crippen LogP contribution in [-0.2, 0) is 4.79 Å². The predicted octanol–water partition coefficient (Wildman–Crippen LogP) is 1.34. The van der Waals surface area contributed by atoms with E-state index in [4.69, 9.17) is 5.73 Å². The molecule has 2 rings (SSSR count). The van der Waals surface area contributed by atoms with Crippen LogP contribution in [0.15, 0.2) is 18.3 Å². The first-order valence-electron chi connectivity index (χ1n) is 6.66. The van der Waals surface area contributed by atoms with Crippen LogP contribution < -0.4 is 11.1 Å². The molecular weight excluding hydrogens is 242 g/mol. The molecule has 1 aromatic rings. The molecule has 3 N–H and O–H groups in total. The van der Waals surface area contributed by atoms with Crippen LogP contribution in [0.5, 0.6) is 0 Å². The van der Waals surface area contributed by atoms with Crippen LogP contribution in [0, 0.1) is 0 Å². The highest BCUT2D eigenvalue weighted by Crippen LogP contribution is 2.34. The lowest BCUT2D eigenvalue weighted by Gasteiger charge is -2.14. The molecule has 0 aromatic carbocycles. The molecule has 5 nitrogen and oxygen atoms in total. The Morgan fingerprint density at radius 2 is 2.26 bits per heavy atom. The summed E-state index contributed by atoms with van der Waals surface area (Å²) in [6, 6.07) is 3.61. The van der Waals surface area contributed by atoms with Gasteiger partial charge in [-0.1, -0.05) is 6.92 Å². The molecule has 0 spiro atoms. The Morgan fingerprint density at radius 3 is 2.95 bits per heavy atom. The van der Waals surface area contributed by atoms with Crippen molar-refractivity contribution in [2.24, 2.45) is 5.73 Å². The van der Waals surface area contributed by atoms with E-state index in [1.807, 2.05) is 6.92 Å². The Hall–Kier alpha value is -1.91. The summed E-state index contributed by atoms with van der Waals surface area (Å²) in [6.45, 7) is 1.84. The van der Waals surface area contributed by atoms with E-state index in [1.54, 1.807) is 18.3 Å². The Bertz CT molecular complexity index is 487. The monoisotopic (exact) mass is 261 g/mol. The van der Waals surface area contributed by atoms with Crippen molar-refractivity contribution in [2.75, 3.05) is 0 Å². The number of carbonyl (C=O) groups excluding carboxylic acids is 2. The van der Waals surface area contributed by atoms with E-state index in [2.05, 4.69) is 10.3 Å². The normalized spacial score (nSPS) is 22.2. The molecule has 1 heterocycles. The number of rotatable bonds is 4. The second kappa shape index (κ2) is 5.82. The average Bonchev–Trinajstić information content (AvgIpc) is 2.86. The fourth-order valence-corrected chi connectivity index (χ4v) is 2.64. The van der Waals surface area contributed by atoms with Crippen LogP contribution in [-0.4, -0.2) is 22.8 Å². The summed E-state index contributed by atoms with van der Waals surface area (Å²) in [5, 5.41) is 2.99. The quantitative estimate of drug-likeness (QED) is 0.857. The maximum absolute atomic E-state index is 11.4. The van der Waals surface area contributed by atoms with Gasteiger partial charge in [-0.3, -0.25) is 14.6 Å². The number of nitrogens with one attached hydrogen (secondary N) is 1. The molecule has 0 unspecified atom stereocenters. The van der Waals surface area contributed by atoms with E-state index in [1.165, 1.54) is 0 Å². The Balaban J connectivity index is 2.09. The first-order chi connectivity index (χ1) is 9.11. The Labute approximate surface area is 112 Å². The van der Waals surface area contributed by atoms with Gasteiger partial charge in [-0.15, -0.1) is 0 Å². The van der Waals surface area contributed by atoms with Gasteiger partial charge >= 0.3 is 0 Å². The van der Waals surface area contributed by atoms with Crippen LogP contribution in [0.4, 0.5) is 0 Å². The summed E-state index contributed by atoms with van der Waals surface area (Å²) in [5.41, 5.74) is 6.63. The van der Waals surface area contributed by atoms with Crippen molar-refractivity contribution in [3.05, 3.63) is 29.6 Å². The van der Waals surface area contributed by atoms with Crippen molar-refractivity contribution in [1.29, 1.82) is 0 Å². The molecule has 1 aliphatic carbocycles. The zero-order chi connectivity index (χ0) is 13.8. The topological polar surface area (TPSA) is 85.1 Å². The lowest BCUT2D eigenvalue weighted by molar-refractivity contribution is -0.121. The maximum Gasteiger partial charge on any atom is 0.250 e. The number of primary amides is 1. The van der Waals surface area contributed by atoms with E-state index in [0.29, 0.717) is 12.0 Å². The molecule has 0 aliphatic heterocycles. The van der Waals surface area contributed by atoms with Crippen molar-refractivity contribution in [2.45, 2.75) is 44.6 Å². The Kier molecular flexibility index (Phi) is 4.14. The molecular formula is C14H19N3O2. The van der Waals surface area contributed by atoms with E-state index < -0.39 is 5.91 Å². The van der Waals surface area contributed by atoms with Gasteiger partial charge in [0.1, 0.15) is 0 Å². The van der Waals surface area contributed by atoms with Crippen molar-refractivity contribution in [3.63, 3.8) is 0 Å². The van der Waals surface area contributed by atoms with E-state index >= 15 is 0 Å². The molecule has 0 radical (unpaired) electrons. The number of amides is 2. The highest BCUT2D eigenvalue weighted by Gasteiger charge is 2.29. The number of nitrogens with zero attached hydrogens (tertiary/aromatic N) is 1. The SMILES string of the molecule is CCC(=O)N[C@H]1CC[C@@H](c2ncccc2C(N)=O)C1. The molecule has 1 aliphatic rings. The molecule has 1 aromatic heterocycles. The number of nitrogens with two attached hydrogens (primary N) is 1.